The number of hydrogen-bond acceptors (Lipinski definition) is 3. The fourth-order valence-electron chi connectivity index (χ4n) is 3.23. The zero-order valence-corrected chi connectivity index (χ0v) is 13.7. The number of aromatic nitrogens is 2. The third-order valence-corrected chi connectivity index (χ3v) is 5.30. The van der Waals surface area contributed by atoms with Crippen LogP contribution in [-0.2, 0) is 7.05 Å². The summed E-state index contributed by atoms with van der Waals surface area (Å²) >= 11 is 1.51. The Morgan fingerprint density at radius 3 is 2.96 bits per heavy atom. The van der Waals surface area contributed by atoms with Crippen molar-refractivity contribution in [1.29, 1.82) is 0 Å². The van der Waals surface area contributed by atoms with Crippen molar-refractivity contribution in [2.45, 2.75) is 18.9 Å². The maximum atomic E-state index is 12.7. The second kappa shape index (κ2) is 5.70. The van der Waals surface area contributed by atoms with E-state index in [-0.39, 0.29) is 12.1 Å². The summed E-state index contributed by atoms with van der Waals surface area (Å²) in [6, 6.07) is 12.1. The highest BCUT2D eigenvalue weighted by Gasteiger charge is 2.31. The summed E-state index contributed by atoms with van der Waals surface area (Å²) in [5, 5.41) is 3.63. The number of hydrogen-bond donors (Lipinski definition) is 1. The van der Waals surface area contributed by atoms with Crippen molar-refractivity contribution < 1.29 is 4.79 Å². The highest BCUT2D eigenvalue weighted by atomic mass is 32.1. The molecule has 1 atom stereocenters. The summed E-state index contributed by atoms with van der Waals surface area (Å²) in [5.41, 5.74) is 2.11. The van der Waals surface area contributed by atoms with Gasteiger partial charge in [-0.1, -0.05) is 23.5 Å². The lowest BCUT2D eigenvalue weighted by Crippen LogP contribution is -2.35. The van der Waals surface area contributed by atoms with Gasteiger partial charge in [0.15, 0.2) is 5.13 Å². The minimum absolute atomic E-state index is 0.0623. The van der Waals surface area contributed by atoms with Crippen LogP contribution in [0.4, 0.5) is 9.93 Å². The number of amides is 2. The van der Waals surface area contributed by atoms with Crippen molar-refractivity contribution in [3.8, 4) is 0 Å². The standard InChI is InChI=1S/C17H18N4OS/c1-20-10-4-7-13(20)14-8-5-11-21(14)17(22)19-16-18-12-6-2-3-9-15(12)23-16/h2-4,6-7,9-10,14H,5,8,11H2,1H3,(H,18,19,22). The lowest BCUT2D eigenvalue weighted by Gasteiger charge is -2.25. The van der Waals surface area contributed by atoms with Gasteiger partial charge in [-0.15, -0.1) is 0 Å². The number of rotatable bonds is 2. The van der Waals surface area contributed by atoms with E-state index in [1.807, 2.05) is 48.5 Å². The van der Waals surface area contributed by atoms with Gasteiger partial charge in [-0.2, -0.15) is 0 Å². The molecule has 0 saturated carbocycles. The Balaban J connectivity index is 1.55. The van der Waals surface area contributed by atoms with Crippen LogP contribution in [-0.4, -0.2) is 27.0 Å². The number of aryl methyl sites for hydroxylation is 1. The summed E-state index contributed by atoms with van der Waals surface area (Å²) < 4.78 is 3.18. The number of fused-ring (bicyclic) bond motifs is 1. The quantitative estimate of drug-likeness (QED) is 0.774. The van der Waals surface area contributed by atoms with E-state index in [9.17, 15) is 4.79 Å². The first-order valence-electron chi connectivity index (χ1n) is 7.77. The number of nitrogens with zero attached hydrogens (tertiary/aromatic N) is 3. The van der Waals surface area contributed by atoms with Crippen molar-refractivity contribution in [1.82, 2.24) is 14.5 Å². The molecule has 4 rings (SSSR count). The topological polar surface area (TPSA) is 50.2 Å². The van der Waals surface area contributed by atoms with E-state index >= 15 is 0 Å². The van der Waals surface area contributed by atoms with E-state index in [4.69, 9.17) is 0 Å². The molecule has 3 aromatic rings. The molecule has 1 fully saturated rings. The fourth-order valence-corrected chi connectivity index (χ4v) is 4.08. The second-order valence-corrected chi connectivity index (χ2v) is 6.84. The van der Waals surface area contributed by atoms with E-state index < -0.39 is 0 Å². The molecule has 1 unspecified atom stereocenters. The van der Waals surface area contributed by atoms with Gasteiger partial charge in [0.05, 0.1) is 16.3 Å². The zero-order chi connectivity index (χ0) is 15.8. The first-order chi connectivity index (χ1) is 11.2. The summed E-state index contributed by atoms with van der Waals surface area (Å²) in [7, 11) is 2.03. The predicted molar refractivity (Wildman–Crippen MR) is 92.7 cm³/mol. The molecule has 118 valence electrons. The molecule has 0 radical (unpaired) electrons. The average molecular weight is 326 g/mol. The minimum atomic E-state index is -0.0623. The molecule has 3 heterocycles. The maximum absolute atomic E-state index is 12.7. The minimum Gasteiger partial charge on any atom is -0.353 e. The van der Waals surface area contributed by atoms with Crippen molar-refractivity contribution >= 4 is 32.7 Å². The predicted octanol–water partition coefficient (Wildman–Crippen LogP) is 4.00. The molecule has 1 saturated heterocycles. The molecule has 6 heteroatoms. The van der Waals surface area contributed by atoms with E-state index in [1.54, 1.807) is 0 Å². The van der Waals surface area contributed by atoms with Crippen LogP contribution >= 0.6 is 11.3 Å². The molecule has 2 aromatic heterocycles. The van der Waals surface area contributed by atoms with Crippen LogP contribution < -0.4 is 5.32 Å². The Kier molecular flexibility index (Phi) is 3.53. The van der Waals surface area contributed by atoms with Crippen LogP contribution in [0.3, 0.4) is 0 Å². The number of para-hydroxylation sites is 1. The van der Waals surface area contributed by atoms with Crippen molar-refractivity contribution in [3.05, 3.63) is 48.3 Å². The van der Waals surface area contributed by atoms with Crippen LogP contribution in [0.5, 0.6) is 0 Å². The third kappa shape index (κ3) is 2.59. The number of urea groups is 1. The SMILES string of the molecule is Cn1cccc1C1CCCN1C(=O)Nc1nc2ccccc2s1. The third-order valence-electron chi connectivity index (χ3n) is 4.35. The van der Waals surface area contributed by atoms with Gasteiger partial charge in [0.1, 0.15) is 0 Å². The van der Waals surface area contributed by atoms with Gasteiger partial charge in [-0.05, 0) is 37.1 Å². The molecule has 23 heavy (non-hydrogen) atoms. The molecular formula is C17H18N4OS. The number of carbonyl (C=O) groups is 1. The molecule has 0 spiro atoms. The van der Waals surface area contributed by atoms with Gasteiger partial charge in [0.2, 0.25) is 0 Å². The Bertz CT molecular complexity index is 820. The number of carbonyl (C=O) groups excluding carboxylic acids is 1. The van der Waals surface area contributed by atoms with Gasteiger partial charge >= 0.3 is 6.03 Å². The Morgan fingerprint density at radius 2 is 2.17 bits per heavy atom. The Labute approximate surface area is 138 Å². The summed E-state index contributed by atoms with van der Waals surface area (Å²) in [4.78, 5) is 19.1. The van der Waals surface area contributed by atoms with Crippen LogP contribution in [0.2, 0.25) is 0 Å². The number of thiazole rings is 1. The highest BCUT2D eigenvalue weighted by Crippen LogP contribution is 2.33. The van der Waals surface area contributed by atoms with Crippen molar-refractivity contribution in [2.75, 3.05) is 11.9 Å². The van der Waals surface area contributed by atoms with Gasteiger partial charge in [-0.25, -0.2) is 9.78 Å². The average Bonchev–Trinajstić information content (AvgIpc) is 3.24. The van der Waals surface area contributed by atoms with E-state index in [0.29, 0.717) is 5.13 Å². The number of benzene rings is 1. The molecule has 1 aliphatic heterocycles. The van der Waals surface area contributed by atoms with Crippen LogP contribution in [0.25, 0.3) is 10.2 Å². The molecular weight excluding hydrogens is 308 g/mol. The largest absolute Gasteiger partial charge is 0.353 e. The van der Waals surface area contributed by atoms with Gasteiger partial charge < -0.3 is 9.47 Å². The molecule has 1 aromatic carbocycles. The second-order valence-electron chi connectivity index (χ2n) is 5.81. The molecule has 5 nitrogen and oxygen atoms in total. The summed E-state index contributed by atoms with van der Waals surface area (Å²) in [5.74, 6) is 0. The molecule has 0 bridgehead atoms. The van der Waals surface area contributed by atoms with Crippen LogP contribution in [0.15, 0.2) is 42.6 Å². The smallest absolute Gasteiger partial charge is 0.324 e. The molecule has 0 aliphatic carbocycles. The maximum Gasteiger partial charge on any atom is 0.324 e. The van der Waals surface area contributed by atoms with Crippen molar-refractivity contribution in [2.24, 2.45) is 7.05 Å². The molecule has 1 aliphatic rings. The Hall–Kier alpha value is -2.34. The summed E-state index contributed by atoms with van der Waals surface area (Å²) in [6.45, 7) is 0.784. The van der Waals surface area contributed by atoms with Gasteiger partial charge in [-0.3, -0.25) is 5.32 Å². The van der Waals surface area contributed by atoms with Crippen LogP contribution in [0.1, 0.15) is 24.6 Å². The van der Waals surface area contributed by atoms with Gasteiger partial charge in [0, 0.05) is 25.5 Å². The Morgan fingerprint density at radius 1 is 1.30 bits per heavy atom. The molecule has 2 amide bonds. The van der Waals surface area contributed by atoms with E-state index in [1.165, 1.54) is 17.0 Å². The zero-order valence-electron chi connectivity index (χ0n) is 12.9. The van der Waals surface area contributed by atoms with E-state index in [2.05, 4.69) is 20.9 Å². The monoisotopic (exact) mass is 326 g/mol. The number of nitrogens with one attached hydrogen (secondary N) is 1. The lowest BCUT2D eigenvalue weighted by atomic mass is 10.1. The van der Waals surface area contributed by atoms with E-state index in [0.717, 1.165) is 29.6 Å². The number of anilines is 1. The summed E-state index contributed by atoms with van der Waals surface area (Å²) in [6.07, 6.45) is 4.06. The lowest BCUT2D eigenvalue weighted by molar-refractivity contribution is 0.205. The highest BCUT2D eigenvalue weighted by molar-refractivity contribution is 7.22. The first kappa shape index (κ1) is 14.3. The normalized spacial score (nSPS) is 17.8. The molecule has 1 N–H and O–H groups in total. The van der Waals surface area contributed by atoms with Crippen LogP contribution in [0, 0.1) is 0 Å². The first-order valence-corrected chi connectivity index (χ1v) is 8.58. The van der Waals surface area contributed by atoms with Crippen molar-refractivity contribution in [3.63, 3.8) is 0 Å². The number of likely N-dealkylation sites (tertiary alicyclic amines) is 1. The fraction of sp³-hybridized carbons (Fsp3) is 0.294. The van der Waals surface area contributed by atoms with Gasteiger partial charge in [0.25, 0.3) is 0 Å².